The standard InChI is InChI=1S/C17H18FN5O2S/c1-11(12-5-7-13(18)8-6-12)22(2)15(24)10-26-17-21-20-16(23(17)19)14-4-3-9-25-14/h3-9,11H,10,19H2,1-2H3. The number of aromatic nitrogens is 3. The van der Waals surface area contributed by atoms with Crippen LogP contribution in [-0.2, 0) is 4.79 Å². The summed E-state index contributed by atoms with van der Waals surface area (Å²) < 4.78 is 19.6. The molecule has 0 aliphatic heterocycles. The van der Waals surface area contributed by atoms with Crippen molar-refractivity contribution < 1.29 is 13.6 Å². The van der Waals surface area contributed by atoms with Crippen LogP contribution in [-0.4, -0.2) is 38.5 Å². The summed E-state index contributed by atoms with van der Waals surface area (Å²) in [7, 11) is 1.71. The number of carbonyl (C=O) groups excluding carboxylic acids is 1. The third kappa shape index (κ3) is 3.72. The molecule has 136 valence electrons. The Kier molecular flexibility index (Phi) is 5.27. The first-order valence-corrected chi connectivity index (χ1v) is 8.84. The largest absolute Gasteiger partial charge is 0.461 e. The first kappa shape index (κ1) is 18.0. The van der Waals surface area contributed by atoms with E-state index in [0.29, 0.717) is 16.7 Å². The van der Waals surface area contributed by atoms with Crippen LogP contribution in [0.3, 0.4) is 0 Å². The fourth-order valence-electron chi connectivity index (χ4n) is 2.36. The average Bonchev–Trinajstić information content (AvgIpc) is 3.29. The van der Waals surface area contributed by atoms with Crippen LogP contribution < -0.4 is 5.84 Å². The highest BCUT2D eigenvalue weighted by atomic mass is 32.2. The number of halogens is 1. The van der Waals surface area contributed by atoms with Crippen LogP contribution in [0.15, 0.2) is 52.2 Å². The third-order valence-corrected chi connectivity index (χ3v) is 4.99. The lowest BCUT2D eigenvalue weighted by atomic mass is 10.1. The summed E-state index contributed by atoms with van der Waals surface area (Å²) in [4.78, 5) is 14.1. The fourth-order valence-corrected chi connectivity index (χ4v) is 3.14. The lowest BCUT2D eigenvalue weighted by Crippen LogP contribution is -2.31. The Labute approximate surface area is 154 Å². The number of thioether (sulfide) groups is 1. The highest BCUT2D eigenvalue weighted by Crippen LogP contribution is 2.24. The molecule has 0 aliphatic rings. The fraction of sp³-hybridized carbons (Fsp3) is 0.235. The maximum Gasteiger partial charge on any atom is 0.233 e. The van der Waals surface area contributed by atoms with Gasteiger partial charge in [-0.3, -0.25) is 4.79 Å². The van der Waals surface area contributed by atoms with Crippen molar-refractivity contribution in [3.8, 4) is 11.6 Å². The Hall–Kier alpha value is -2.81. The smallest absolute Gasteiger partial charge is 0.233 e. The molecule has 3 aromatic rings. The van der Waals surface area contributed by atoms with E-state index in [9.17, 15) is 9.18 Å². The van der Waals surface area contributed by atoms with Crippen molar-refractivity contribution in [3.05, 3.63) is 54.0 Å². The van der Waals surface area contributed by atoms with E-state index in [0.717, 1.165) is 5.56 Å². The molecule has 0 spiro atoms. The molecule has 2 N–H and O–H groups in total. The van der Waals surface area contributed by atoms with E-state index in [2.05, 4.69) is 10.2 Å². The molecule has 2 aromatic heterocycles. The van der Waals surface area contributed by atoms with Gasteiger partial charge in [0.25, 0.3) is 0 Å². The van der Waals surface area contributed by atoms with Gasteiger partial charge < -0.3 is 15.2 Å². The van der Waals surface area contributed by atoms with Crippen LogP contribution >= 0.6 is 11.8 Å². The Balaban J connectivity index is 1.62. The van der Waals surface area contributed by atoms with E-state index in [4.69, 9.17) is 10.3 Å². The van der Waals surface area contributed by atoms with E-state index in [1.807, 2.05) is 6.92 Å². The van der Waals surface area contributed by atoms with Crippen molar-refractivity contribution in [1.29, 1.82) is 0 Å². The topological polar surface area (TPSA) is 90.2 Å². The van der Waals surface area contributed by atoms with Gasteiger partial charge in [-0.15, -0.1) is 10.2 Å². The predicted molar refractivity (Wildman–Crippen MR) is 96.2 cm³/mol. The molecular weight excluding hydrogens is 357 g/mol. The molecule has 0 radical (unpaired) electrons. The minimum atomic E-state index is -0.305. The number of carbonyl (C=O) groups is 1. The molecule has 2 heterocycles. The lowest BCUT2D eigenvalue weighted by molar-refractivity contribution is -0.128. The normalized spacial score (nSPS) is 12.1. The van der Waals surface area contributed by atoms with Gasteiger partial charge >= 0.3 is 0 Å². The highest BCUT2D eigenvalue weighted by Gasteiger charge is 2.20. The summed E-state index contributed by atoms with van der Waals surface area (Å²) in [6.07, 6.45) is 1.52. The molecule has 0 saturated heterocycles. The molecule has 0 saturated carbocycles. The van der Waals surface area contributed by atoms with Gasteiger partial charge in [0.05, 0.1) is 18.1 Å². The molecule has 7 nitrogen and oxygen atoms in total. The minimum Gasteiger partial charge on any atom is -0.461 e. The molecule has 3 rings (SSSR count). The zero-order chi connectivity index (χ0) is 18.7. The molecule has 0 bridgehead atoms. The Morgan fingerprint density at radius 3 is 2.73 bits per heavy atom. The minimum absolute atomic E-state index is 0.102. The summed E-state index contributed by atoms with van der Waals surface area (Å²) in [6, 6.07) is 9.37. The second kappa shape index (κ2) is 7.61. The second-order valence-electron chi connectivity index (χ2n) is 5.67. The van der Waals surface area contributed by atoms with Gasteiger partial charge in [-0.2, -0.15) is 0 Å². The average molecular weight is 375 g/mol. The number of nitrogens with two attached hydrogens (primary N) is 1. The number of benzene rings is 1. The quantitative estimate of drug-likeness (QED) is 0.526. The lowest BCUT2D eigenvalue weighted by Gasteiger charge is -2.25. The van der Waals surface area contributed by atoms with E-state index < -0.39 is 0 Å². The van der Waals surface area contributed by atoms with Gasteiger partial charge in [0.15, 0.2) is 5.76 Å². The summed E-state index contributed by atoms with van der Waals surface area (Å²) >= 11 is 1.19. The molecule has 1 unspecified atom stereocenters. The first-order valence-electron chi connectivity index (χ1n) is 7.85. The van der Waals surface area contributed by atoms with Crippen molar-refractivity contribution >= 4 is 17.7 Å². The van der Waals surface area contributed by atoms with Crippen LogP contribution in [0.2, 0.25) is 0 Å². The van der Waals surface area contributed by atoms with Crippen LogP contribution in [0.5, 0.6) is 0 Å². The summed E-state index contributed by atoms with van der Waals surface area (Å²) in [5.41, 5.74) is 0.856. The summed E-state index contributed by atoms with van der Waals surface area (Å²) in [5, 5.41) is 8.39. The van der Waals surface area contributed by atoms with Gasteiger partial charge in [-0.05, 0) is 36.8 Å². The number of furan rings is 1. The Morgan fingerprint density at radius 2 is 2.08 bits per heavy atom. The molecule has 1 amide bonds. The van der Waals surface area contributed by atoms with Gasteiger partial charge in [-0.25, -0.2) is 9.07 Å². The summed E-state index contributed by atoms with van der Waals surface area (Å²) in [6.45, 7) is 1.89. The van der Waals surface area contributed by atoms with Crippen LogP contribution in [0, 0.1) is 5.82 Å². The molecule has 9 heteroatoms. The van der Waals surface area contributed by atoms with Crippen molar-refractivity contribution in [2.45, 2.75) is 18.1 Å². The van der Waals surface area contributed by atoms with Crippen molar-refractivity contribution in [1.82, 2.24) is 19.8 Å². The highest BCUT2D eigenvalue weighted by molar-refractivity contribution is 7.99. The van der Waals surface area contributed by atoms with Crippen molar-refractivity contribution in [3.63, 3.8) is 0 Å². The second-order valence-corrected chi connectivity index (χ2v) is 6.62. The van der Waals surface area contributed by atoms with E-state index in [1.54, 1.807) is 36.2 Å². The van der Waals surface area contributed by atoms with E-state index in [1.165, 1.54) is 34.8 Å². The summed E-state index contributed by atoms with van der Waals surface area (Å²) in [5.74, 6) is 6.60. The number of nitrogens with zero attached hydrogens (tertiary/aromatic N) is 4. The SMILES string of the molecule is CC(c1ccc(F)cc1)N(C)C(=O)CSc1nnc(-c2ccco2)n1N. The maximum absolute atomic E-state index is 13.0. The number of amides is 1. The third-order valence-electron chi connectivity index (χ3n) is 4.06. The predicted octanol–water partition coefficient (Wildman–Crippen LogP) is 2.70. The van der Waals surface area contributed by atoms with Crippen LogP contribution in [0.1, 0.15) is 18.5 Å². The van der Waals surface area contributed by atoms with Gasteiger partial charge in [0.1, 0.15) is 5.82 Å². The van der Waals surface area contributed by atoms with Gasteiger partial charge in [0.2, 0.25) is 16.9 Å². The zero-order valence-corrected chi connectivity index (χ0v) is 15.1. The van der Waals surface area contributed by atoms with Gasteiger partial charge in [-0.1, -0.05) is 23.9 Å². The van der Waals surface area contributed by atoms with E-state index >= 15 is 0 Å². The van der Waals surface area contributed by atoms with Crippen LogP contribution in [0.25, 0.3) is 11.6 Å². The Morgan fingerprint density at radius 1 is 1.35 bits per heavy atom. The number of hydrogen-bond donors (Lipinski definition) is 1. The maximum atomic E-state index is 13.0. The van der Waals surface area contributed by atoms with Crippen molar-refractivity contribution in [2.24, 2.45) is 0 Å². The number of rotatable bonds is 6. The van der Waals surface area contributed by atoms with Crippen LogP contribution in [0.4, 0.5) is 4.39 Å². The Bertz CT molecular complexity index is 879. The molecule has 0 fully saturated rings. The number of hydrogen-bond acceptors (Lipinski definition) is 6. The molecule has 0 aliphatic carbocycles. The number of nitrogen functional groups attached to an aromatic ring is 1. The van der Waals surface area contributed by atoms with Gasteiger partial charge in [0, 0.05) is 7.05 Å². The molecular formula is C17H18FN5O2S. The van der Waals surface area contributed by atoms with E-state index in [-0.39, 0.29) is 23.5 Å². The zero-order valence-electron chi connectivity index (χ0n) is 14.3. The monoisotopic (exact) mass is 375 g/mol. The molecule has 1 atom stereocenters. The molecule has 1 aromatic carbocycles. The molecule has 26 heavy (non-hydrogen) atoms. The first-order chi connectivity index (χ1) is 12.5. The van der Waals surface area contributed by atoms with Crippen molar-refractivity contribution in [2.75, 3.05) is 18.6 Å².